The predicted octanol–water partition coefficient (Wildman–Crippen LogP) is 0.110. The van der Waals surface area contributed by atoms with Crippen LogP contribution >= 0.6 is 0 Å². The highest BCUT2D eigenvalue weighted by molar-refractivity contribution is 5.76. The molecule has 2 saturated heterocycles. The Kier molecular flexibility index (Phi) is 3.86. The van der Waals surface area contributed by atoms with Crippen molar-refractivity contribution in [1.29, 1.82) is 0 Å². The van der Waals surface area contributed by atoms with Gasteiger partial charge in [0.15, 0.2) is 0 Å². The number of likely N-dealkylation sites (N-methyl/N-ethyl adjacent to an activating group) is 1. The molecule has 2 aliphatic rings. The molecule has 0 atom stereocenters. The fourth-order valence-corrected chi connectivity index (χ4v) is 3.05. The summed E-state index contributed by atoms with van der Waals surface area (Å²) in [7, 11) is 1.88. The first kappa shape index (κ1) is 13.4. The van der Waals surface area contributed by atoms with Crippen LogP contribution in [0.5, 0.6) is 0 Å². The predicted molar refractivity (Wildman–Crippen MR) is 74.2 cm³/mol. The van der Waals surface area contributed by atoms with E-state index < -0.39 is 0 Å². The van der Waals surface area contributed by atoms with Crippen molar-refractivity contribution in [3.8, 4) is 0 Å². The van der Waals surface area contributed by atoms with E-state index in [0.29, 0.717) is 6.04 Å². The fraction of sp³-hybridized carbons (Fsp3) is 0.769. The number of rotatable bonds is 4. The second-order valence-electron chi connectivity index (χ2n) is 5.60. The standard InChI is InChI=1S/C13H22N6O/c1-16-8-10-18(13(16)20)12-2-6-17(7-3-12)9-11-19-14-4-5-15-19/h4-5,12H,2-3,6-11H2,1H3. The minimum Gasteiger partial charge on any atom is -0.326 e. The highest BCUT2D eigenvalue weighted by Crippen LogP contribution is 2.20. The molecule has 0 radical (unpaired) electrons. The van der Waals surface area contributed by atoms with Gasteiger partial charge in [-0.2, -0.15) is 15.0 Å². The van der Waals surface area contributed by atoms with Crippen molar-refractivity contribution in [2.75, 3.05) is 39.8 Å². The molecule has 7 nitrogen and oxygen atoms in total. The van der Waals surface area contributed by atoms with Crippen LogP contribution in [-0.2, 0) is 6.54 Å². The number of aromatic nitrogens is 3. The van der Waals surface area contributed by atoms with Crippen LogP contribution in [0.2, 0.25) is 0 Å². The summed E-state index contributed by atoms with van der Waals surface area (Å²) < 4.78 is 0. The van der Waals surface area contributed by atoms with Crippen LogP contribution in [0, 0.1) is 0 Å². The number of carbonyl (C=O) groups is 1. The number of likely N-dealkylation sites (tertiary alicyclic amines) is 1. The maximum Gasteiger partial charge on any atom is 0.320 e. The van der Waals surface area contributed by atoms with Gasteiger partial charge in [-0.15, -0.1) is 0 Å². The fourth-order valence-electron chi connectivity index (χ4n) is 3.05. The largest absolute Gasteiger partial charge is 0.326 e. The lowest BCUT2D eigenvalue weighted by atomic mass is 10.0. The molecule has 0 aliphatic carbocycles. The van der Waals surface area contributed by atoms with E-state index in [1.165, 1.54) is 0 Å². The van der Waals surface area contributed by atoms with E-state index in [-0.39, 0.29) is 6.03 Å². The average Bonchev–Trinajstić information content (AvgIpc) is 3.09. The molecule has 1 aromatic rings. The monoisotopic (exact) mass is 278 g/mol. The lowest BCUT2D eigenvalue weighted by Gasteiger charge is -2.36. The van der Waals surface area contributed by atoms with Crippen molar-refractivity contribution in [3.63, 3.8) is 0 Å². The molecule has 20 heavy (non-hydrogen) atoms. The molecule has 7 heteroatoms. The van der Waals surface area contributed by atoms with Crippen LogP contribution in [0.3, 0.4) is 0 Å². The van der Waals surface area contributed by atoms with Crippen molar-refractivity contribution in [3.05, 3.63) is 12.4 Å². The van der Waals surface area contributed by atoms with E-state index in [1.54, 1.807) is 17.2 Å². The van der Waals surface area contributed by atoms with Gasteiger partial charge in [0.05, 0.1) is 18.9 Å². The number of carbonyl (C=O) groups excluding carboxylic acids is 1. The minimum atomic E-state index is 0.198. The Labute approximate surface area is 119 Å². The Morgan fingerprint density at radius 1 is 1.10 bits per heavy atom. The second kappa shape index (κ2) is 5.78. The zero-order valence-corrected chi connectivity index (χ0v) is 12.0. The minimum absolute atomic E-state index is 0.198. The SMILES string of the molecule is CN1CCN(C2CCN(CCn3nccn3)CC2)C1=O. The highest BCUT2D eigenvalue weighted by Gasteiger charge is 2.33. The third-order valence-electron chi connectivity index (χ3n) is 4.33. The summed E-state index contributed by atoms with van der Waals surface area (Å²) in [4.78, 5) is 20.0. The normalized spacial score (nSPS) is 21.9. The number of nitrogens with zero attached hydrogens (tertiary/aromatic N) is 6. The molecule has 0 unspecified atom stereocenters. The van der Waals surface area contributed by atoms with Crippen LogP contribution in [0.1, 0.15) is 12.8 Å². The molecule has 0 bridgehead atoms. The smallest absolute Gasteiger partial charge is 0.320 e. The molecule has 3 rings (SSSR count). The summed E-state index contributed by atoms with van der Waals surface area (Å²) in [5, 5.41) is 8.23. The first-order valence-electron chi connectivity index (χ1n) is 7.32. The molecular formula is C13H22N6O. The second-order valence-corrected chi connectivity index (χ2v) is 5.60. The van der Waals surface area contributed by atoms with E-state index in [1.807, 2.05) is 16.8 Å². The van der Waals surface area contributed by atoms with E-state index >= 15 is 0 Å². The Bertz CT molecular complexity index is 440. The molecule has 2 fully saturated rings. The molecule has 3 heterocycles. The first-order chi connectivity index (χ1) is 9.74. The molecule has 0 spiro atoms. The lowest BCUT2D eigenvalue weighted by Crippen LogP contribution is -2.46. The molecule has 2 aliphatic heterocycles. The quantitative estimate of drug-likeness (QED) is 0.784. The van der Waals surface area contributed by atoms with E-state index in [9.17, 15) is 4.79 Å². The first-order valence-corrected chi connectivity index (χ1v) is 7.32. The van der Waals surface area contributed by atoms with Gasteiger partial charge >= 0.3 is 6.03 Å². The summed E-state index contributed by atoms with van der Waals surface area (Å²) in [5.74, 6) is 0. The van der Waals surface area contributed by atoms with Gasteiger partial charge in [0.1, 0.15) is 0 Å². The molecule has 2 amide bonds. The Balaban J connectivity index is 1.44. The Hall–Kier alpha value is -1.63. The van der Waals surface area contributed by atoms with Crippen LogP contribution in [-0.4, -0.2) is 81.5 Å². The molecular weight excluding hydrogens is 256 g/mol. The van der Waals surface area contributed by atoms with Gasteiger partial charge in [-0.25, -0.2) is 4.79 Å². The van der Waals surface area contributed by atoms with Gasteiger partial charge in [0.2, 0.25) is 0 Å². The van der Waals surface area contributed by atoms with Crippen molar-refractivity contribution >= 4 is 6.03 Å². The Morgan fingerprint density at radius 2 is 1.80 bits per heavy atom. The third kappa shape index (κ3) is 2.77. The van der Waals surface area contributed by atoms with Gasteiger partial charge in [-0.1, -0.05) is 0 Å². The van der Waals surface area contributed by atoms with Crippen LogP contribution in [0.4, 0.5) is 4.79 Å². The van der Waals surface area contributed by atoms with Crippen molar-refractivity contribution in [1.82, 2.24) is 29.7 Å². The highest BCUT2D eigenvalue weighted by atomic mass is 16.2. The number of piperidine rings is 1. The van der Waals surface area contributed by atoms with Crippen molar-refractivity contribution in [2.24, 2.45) is 0 Å². The van der Waals surface area contributed by atoms with Crippen LogP contribution in [0.15, 0.2) is 12.4 Å². The van der Waals surface area contributed by atoms with E-state index in [2.05, 4.69) is 15.1 Å². The average molecular weight is 278 g/mol. The summed E-state index contributed by atoms with van der Waals surface area (Å²) >= 11 is 0. The maximum atomic E-state index is 12.0. The van der Waals surface area contributed by atoms with Crippen molar-refractivity contribution < 1.29 is 4.79 Å². The third-order valence-corrected chi connectivity index (χ3v) is 4.33. The van der Waals surface area contributed by atoms with Gasteiger partial charge < -0.3 is 14.7 Å². The molecule has 0 N–H and O–H groups in total. The lowest BCUT2D eigenvalue weighted by molar-refractivity contribution is 0.127. The molecule has 0 saturated carbocycles. The van der Waals surface area contributed by atoms with Gasteiger partial charge in [0.25, 0.3) is 0 Å². The van der Waals surface area contributed by atoms with Gasteiger partial charge in [-0.3, -0.25) is 0 Å². The topological polar surface area (TPSA) is 57.5 Å². The number of hydrogen-bond donors (Lipinski definition) is 0. The summed E-state index contributed by atoms with van der Waals surface area (Å²) in [5.41, 5.74) is 0. The van der Waals surface area contributed by atoms with Crippen molar-refractivity contribution in [2.45, 2.75) is 25.4 Å². The Morgan fingerprint density at radius 3 is 2.40 bits per heavy atom. The molecule has 0 aromatic carbocycles. The van der Waals surface area contributed by atoms with Crippen LogP contribution < -0.4 is 0 Å². The maximum absolute atomic E-state index is 12.0. The molecule has 1 aromatic heterocycles. The van der Waals surface area contributed by atoms with Gasteiger partial charge in [0, 0.05) is 45.8 Å². The number of urea groups is 1. The summed E-state index contributed by atoms with van der Waals surface area (Å²) in [6.45, 7) is 5.68. The molecule has 110 valence electrons. The zero-order valence-electron chi connectivity index (χ0n) is 12.0. The summed E-state index contributed by atoms with van der Waals surface area (Å²) in [6, 6.07) is 0.621. The zero-order chi connectivity index (χ0) is 13.9. The summed E-state index contributed by atoms with van der Waals surface area (Å²) in [6.07, 6.45) is 5.57. The van der Waals surface area contributed by atoms with E-state index in [0.717, 1.165) is 52.1 Å². The number of amides is 2. The number of hydrogen-bond acceptors (Lipinski definition) is 4. The van der Waals surface area contributed by atoms with Gasteiger partial charge in [-0.05, 0) is 12.8 Å². The van der Waals surface area contributed by atoms with E-state index in [4.69, 9.17) is 0 Å². The van der Waals surface area contributed by atoms with Crippen LogP contribution in [0.25, 0.3) is 0 Å².